The van der Waals surface area contributed by atoms with E-state index in [-0.39, 0.29) is 11.8 Å². The van der Waals surface area contributed by atoms with Crippen LogP contribution in [0.15, 0.2) is 18.2 Å². The van der Waals surface area contributed by atoms with E-state index in [1.807, 2.05) is 45.0 Å². The van der Waals surface area contributed by atoms with Gasteiger partial charge in [-0.2, -0.15) is 0 Å². The maximum absolute atomic E-state index is 11.9. The molecule has 0 radical (unpaired) electrons. The van der Waals surface area contributed by atoms with Crippen LogP contribution in [-0.2, 0) is 4.79 Å². The number of amides is 1. The lowest BCUT2D eigenvalue weighted by molar-refractivity contribution is -0.119. The van der Waals surface area contributed by atoms with E-state index in [1.54, 1.807) is 6.07 Å². The van der Waals surface area contributed by atoms with Crippen molar-refractivity contribution in [3.63, 3.8) is 0 Å². The van der Waals surface area contributed by atoms with Gasteiger partial charge in [0.1, 0.15) is 0 Å². The van der Waals surface area contributed by atoms with Crippen LogP contribution in [0.4, 0.5) is 11.4 Å². The van der Waals surface area contributed by atoms with E-state index in [1.165, 1.54) is 0 Å². The fraction of sp³-hybridized carbons (Fsp3) is 0.500. The summed E-state index contributed by atoms with van der Waals surface area (Å²) in [4.78, 5) is 13.9. The number of nitrogens with one attached hydrogen (secondary N) is 2. The second-order valence-electron chi connectivity index (χ2n) is 4.76. The zero-order valence-corrected chi connectivity index (χ0v) is 12.7. The van der Waals surface area contributed by atoms with Crippen molar-refractivity contribution in [1.29, 1.82) is 0 Å². The summed E-state index contributed by atoms with van der Waals surface area (Å²) in [5.74, 6) is -0.0816. The second kappa shape index (κ2) is 7.36. The van der Waals surface area contributed by atoms with Gasteiger partial charge in [0, 0.05) is 32.2 Å². The molecule has 1 atom stereocenters. The molecule has 0 bridgehead atoms. The topological polar surface area (TPSA) is 44.4 Å². The molecule has 2 N–H and O–H groups in total. The summed E-state index contributed by atoms with van der Waals surface area (Å²) in [6.45, 7) is 5.45. The summed E-state index contributed by atoms with van der Waals surface area (Å²) in [5, 5.41) is 6.66. The molecule has 0 aliphatic heterocycles. The minimum absolute atomic E-state index is 0.00498. The van der Waals surface area contributed by atoms with Crippen molar-refractivity contribution in [3.8, 4) is 0 Å². The average molecular weight is 284 g/mol. The van der Waals surface area contributed by atoms with Gasteiger partial charge in [0.25, 0.3) is 0 Å². The first-order valence-electron chi connectivity index (χ1n) is 6.44. The number of benzene rings is 1. The third kappa shape index (κ3) is 4.73. The van der Waals surface area contributed by atoms with Gasteiger partial charge in [-0.15, -0.1) is 0 Å². The molecule has 5 heteroatoms. The van der Waals surface area contributed by atoms with Gasteiger partial charge < -0.3 is 15.5 Å². The van der Waals surface area contributed by atoms with Gasteiger partial charge in [-0.3, -0.25) is 4.79 Å². The first-order chi connectivity index (χ1) is 8.95. The molecule has 19 heavy (non-hydrogen) atoms. The molecule has 0 aliphatic carbocycles. The van der Waals surface area contributed by atoms with Crippen LogP contribution in [0.5, 0.6) is 0 Å². The van der Waals surface area contributed by atoms with Crippen LogP contribution in [0.2, 0.25) is 5.02 Å². The molecule has 0 heterocycles. The van der Waals surface area contributed by atoms with E-state index >= 15 is 0 Å². The molecule has 1 amide bonds. The second-order valence-corrected chi connectivity index (χ2v) is 5.17. The Morgan fingerprint density at radius 3 is 2.63 bits per heavy atom. The quantitative estimate of drug-likeness (QED) is 0.843. The molecule has 0 aromatic heterocycles. The van der Waals surface area contributed by atoms with Crippen LogP contribution in [0.1, 0.15) is 13.8 Å². The molecule has 106 valence electrons. The minimum Gasteiger partial charge on any atom is -0.376 e. The lowest BCUT2D eigenvalue weighted by Crippen LogP contribution is -2.30. The zero-order valence-electron chi connectivity index (χ0n) is 12.0. The van der Waals surface area contributed by atoms with Crippen LogP contribution < -0.4 is 15.5 Å². The van der Waals surface area contributed by atoms with Gasteiger partial charge in [-0.05, 0) is 24.7 Å². The first kappa shape index (κ1) is 15.8. The number of anilines is 2. The Labute approximate surface area is 120 Å². The Morgan fingerprint density at radius 1 is 1.42 bits per heavy atom. The van der Waals surface area contributed by atoms with Gasteiger partial charge in [0.05, 0.1) is 10.7 Å². The summed E-state index contributed by atoms with van der Waals surface area (Å²) in [7, 11) is 3.86. The molecule has 1 rings (SSSR count). The Bertz CT molecular complexity index is 435. The van der Waals surface area contributed by atoms with Crippen molar-refractivity contribution < 1.29 is 4.79 Å². The number of halogens is 1. The van der Waals surface area contributed by atoms with Gasteiger partial charge in [0.15, 0.2) is 0 Å². The highest BCUT2D eigenvalue weighted by atomic mass is 35.5. The molecule has 0 aliphatic rings. The van der Waals surface area contributed by atoms with Crippen molar-refractivity contribution in [2.24, 2.45) is 5.92 Å². The van der Waals surface area contributed by atoms with E-state index in [0.717, 1.165) is 17.9 Å². The predicted molar refractivity (Wildman–Crippen MR) is 82.1 cm³/mol. The Morgan fingerprint density at radius 2 is 2.11 bits per heavy atom. The van der Waals surface area contributed by atoms with E-state index in [0.29, 0.717) is 11.6 Å². The zero-order chi connectivity index (χ0) is 14.4. The maximum Gasteiger partial charge on any atom is 0.228 e. The number of hydrogen-bond acceptors (Lipinski definition) is 3. The standard InChI is InChI=1S/C14H22ClN3O/c1-5-16-9-10(2)14(19)17-11-6-7-13(18(3)4)12(15)8-11/h6-8,10,16H,5,9H2,1-4H3,(H,17,19). The average Bonchev–Trinajstić information content (AvgIpc) is 2.35. The Balaban J connectivity index is 2.67. The highest BCUT2D eigenvalue weighted by molar-refractivity contribution is 6.33. The van der Waals surface area contributed by atoms with Crippen LogP contribution >= 0.6 is 11.6 Å². The number of hydrogen-bond donors (Lipinski definition) is 2. The molecule has 0 saturated carbocycles. The summed E-state index contributed by atoms with van der Waals surface area (Å²) < 4.78 is 0. The molecule has 4 nitrogen and oxygen atoms in total. The van der Waals surface area contributed by atoms with Crippen molar-refractivity contribution in [2.75, 3.05) is 37.4 Å². The summed E-state index contributed by atoms with van der Waals surface area (Å²) in [6.07, 6.45) is 0. The fourth-order valence-electron chi connectivity index (χ4n) is 1.67. The highest BCUT2D eigenvalue weighted by Gasteiger charge is 2.13. The third-order valence-corrected chi connectivity index (χ3v) is 3.15. The highest BCUT2D eigenvalue weighted by Crippen LogP contribution is 2.27. The largest absolute Gasteiger partial charge is 0.376 e. The van der Waals surface area contributed by atoms with E-state index in [4.69, 9.17) is 11.6 Å². The number of nitrogens with zero attached hydrogens (tertiary/aromatic N) is 1. The van der Waals surface area contributed by atoms with Crippen molar-refractivity contribution in [2.45, 2.75) is 13.8 Å². The van der Waals surface area contributed by atoms with Gasteiger partial charge in [0.2, 0.25) is 5.91 Å². The molecule has 1 unspecified atom stereocenters. The summed E-state index contributed by atoms with van der Waals surface area (Å²) in [6, 6.07) is 5.53. The van der Waals surface area contributed by atoms with Crippen molar-refractivity contribution >= 4 is 28.9 Å². The lowest BCUT2D eigenvalue weighted by Gasteiger charge is -2.16. The van der Waals surface area contributed by atoms with Crippen LogP contribution in [0.3, 0.4) is 0 Å². The van der Waals surface area contributed by atoms with Gasteiger partial charge in [-0.1, -0.05) is 25.4 Å². The molecule has 1 aromatic rings. The van der Waals surface area contributed by atoms with Crippen LogP contribution in [-0.4, -0.2) is 33.1 Å². The number of rotatable bonds is 6. The molecule has 0 spiro atoms. The van der Waals surface area contributed by atoms with Gasteiger partial charge in [-0.25, -0.2) is 0 Å². The minimum atomic E-state index is -0.0766. The van der Waals surface area contributed by atoms with Crippen molar-refractivity contribution in [1.82, 2.24) is 5.32 Å². The van der Waals surface area contributed by atoms with Crippen LogP contribution in [0.25, 0.3) is 0 Å². The van der Waals surface area contributed by atoms with Crippen molar-refractivity contribution in [3.05, 3.63) is 23.2 Å². The number of carbonyl (C=O) groups is 1. The lowest BCUT2D eigenvalue weighted by atomic mass is 10.1. The maximum atomic E-state index is 11.9. The Kier molecular flexibility index (Phi) is 6.12. The first-order valence-corrected chi connectivity index (χ1v) is 6.82. The SMILES string of the molecule is CCNCC(C)C(=O)Nc1ccc(N(C)C)c(Cl)c1. The molecule has 0 fully saturated rings. The van der Waals surface area contributed by atoms with Gasteiger partial charge >= 0.3 is 0 Å². The smallest absolute Gasteiger partial charge is 0.228 e. The van der Waals surface area contributed by atoms with E-state index in [9.17, 15) is 4.79 Å². The monoisotopic (exact) mass is 283 g/mol. The Hall–Kier alpha value is -1.26. The van der Waals surface area contributed by atoms with E-state index < -0.39 is 0 Å². The predicted octanol–water partition coefficient (Wildman–Crippen LogP) is 2.59. The molecular formula is C14H22ClN3O. The summed E-state index contributed by atoms with van der Waals surface area (Å²) >= 11 is 6.17. The normalized spacial score (nSPS) is 12.1. The molecule has 0 saturated heterocycles. The molecular weight excluding hydrogens is 262 g/mol. The third-order valence-electron chi connectivity index (χ3n) is 2.85. The van der Waals surface area contributed by atoms with Crippen LogP contribution in [0, 0.1) is 5.92 Å². The number of carbonyl (C=O) groups excluding carboxylic acids is 1. The molecule has 1 aromatic carbocycles. The van der Waals surface area contributed by atoms with E-state index in [2.05, 4.69) is 10.6 Å². The summed E-state index contributed by atoms with van der Waals surface area (Å²) in [5.41, 5.74) is 1.66. The fourth-order valence-corrected chi connectivity index (χ4v) is 2.02.